The molecule has 0 unspecified atom stereocenters. The van der Waals surface area contributed by atoms with Crippen LogP contribution in [0.4, 0.5) is 5.13 Å². The van der Waals surface area contributed by atoms with Gasteiger partial charge in [-0.15, -0.1) is 21.5 Å². The van der Waals surface area contributed by atoms with E-state index in [-0.39, 0.29) is 11.7 Å². The number of furan rings is 1. The maximum Gasteiger partial charge on any atom is 0.236 e. The Balaban J connectivity index is 1.40. The first-order valence-corrected chi connectivity index (χ1v) is 11.4. The van der Waals surface area contributed by atoms with Crippen LogP contribution in [0, 0.1) is 27.7 Å². The van der Waals surface area contributed by atoms with Crippen molar-refractivity contribution in [3.8, 4) is 22.6 Å². The third kappa shape index (κ3) is 4.35. The van der Waals surface area contributed by atoms with E-state index < -0.39 is 0 Å². The largest absolute Gasteiger partial charge is 0.469 e. The van der Waals surface area contributed by atoms with Gasteiger partial charge in [-0.3, -0.25) is 4.79 Å². The number of thiazole rings is 1. The average Bonchev–Trinajstić information content (AvgIpc) is 3.44. The fourth-order valence-corrected chi connectivity index (χ4v) is 4.54. The smallest absolute Gasteiger partial charge is 0.236 e. The van der Waals surface area contributed by atoms with E-state index in [1.807, 2.05) is 12.3 Å². The molecule has 0 aliphatic carbocycles. The van der Waals surface area contributed by atoms with Crippen molar-refractivity contribution in [3.63, 3.8) is 0 Å². The van der Waals surface area contributed by atoms with E-state index in [0.29, 0.717) is 21.9 Å². The molecule has 0 atom stereocenters. The van der Waals surface area contributed by atoms with Crippen LogP contribution in [0.3, 0.4) is 0 Å². The van der Waals surface area contributed by atoms with E-state index in [9.17, 15) is 4.79 Å². The molecule has 3 N–H and O–H groups in total. The normalized spacial score (nSPS) is 11.1. The van der Waals surface area contributed by atoms with E-state index in [1.165, 1.54) is 38.9 Å². The molecule has 31 heavy (non-hydrogen) atoms. The monoisotopic (exact) mass is 454 g/mol. The first-order chi connectivity index (χ1) is 14.8. The predicted molar refractivity (Wildman–Crippen MR) is 124 cm³/mol. The summed E-state index contributed by atoms with van der Waals surface area (Å²) < 4.78 is 6.65. The van der Waals surface area contributed by atoms with E-state index >= 15 is 0 Å². The molecule has 4 rings (SSSR count). The lowest BCUT2D eigenvalue weighted by atomic mass is 9.99. The molecule has 3 heterocycles. The number of nitrogens with zero attached hydrogens (tertiary/aromatic N) is 4. The molecular formula is C21H22N6O2S2. The number of anilines is 1. The molecule has 1 aromatic carbocycles. The predicted octanol–water partition coefficient (Wildman–Crippen LogP) is 4.34. The highest BCUT2D eigenvalue weighted by Gasteiger charge is 2.17. The van der Waals surface area contributed by atoms with Crippen molar-refractivity contribution in [1.82, 2.24) is 19.9 Å². The van der Waals surface area contributed by atoms with E-state index in [2.05, 4.69) is 53.4 Å². The number of carbonyl (C=O) groups excluding carboxylic acids is 1. The summed E-state index contributed by atoms with van der Waals surface area (Å²) in [4.78, 5) is 17.0. The number of nitrogens with one attached hydrogen (secondary N) is 1. The topological polar surface area (TPSA) is 112 Å². The zero-order valence-electron chi connectivity index (χ0n) is 17.6. The number of amides is 1. The number of rotatable bonds is 6. The maximum absolute atomic E-state index is 12.4. The van der Waals surface area contributed by atoms with Crippen LogP contribution >= 0.6 is 23.1 Å². The molecule has 1 amide bonds. The zero-order chi connectivity index (χ0) is 22.1. The Morgan fingerprint density at radius 3 is 2.68 bits per heavy atom. The van der Waals surface area contributed by atoms with Crippen molar-refractivity contribution >= 4 is 34.1 Å². The summed E-state index contributed by atoms with van der Waals surface area (Å²) in [5.41, 5.74) is 6.33. The van der Waals surface area contributed by atoms with Gasteiger partial charge in [-0.1, -0.05) is 17.8 Å². The SMILES string of the molecule is Cc1cc(C)c(-c2csc(NC(=O)CSc3nnc(-c4ccoc4C)n3N)n2)cc1C. The summed E-state index contributed by atoms with van der Waals surface area (Å²) in [7, 11) is 0. The third-order valence-corrected chi connectivity index (χ3v) is 6.66. The Labute approximate surface area is 187 Å². The number of nitrogens with two attached hydrogens (primary N) is 1. The van der Waals surface area contributed by atoms with Gasteiger partial charge in [-0.2, -0.15) is 0 Å². The highest BCUT2D eigenvalue weighted by Crippen LogP contribution is 2.30. The van der Waals surface area contributed by atoms with Crippen LogP contribution in [0.1, 0.15) is 22.5 Å². The van der Waals surface area contributed by atoms with Crippen LogP contribution in [-0.2, 0) is 4.79 Å². The number of nitrogen functional groups attached to an aromatic ring is 1. The summed E-state index contributed by atoms with van der Waals surface area (Å²) in [6.45, 7) is 8.07. The third-order valence-electron chi connectivity index (χ3n) is 4.96. The molecule has 10 heteroatoms. The number of hydrogen-bond acceptors (Lipinski definition) is 8. The van der Waals surface area contributed by atoms with Gasteiger partial charge < -0.3 is 15.6 Å². The van der Waals surface area contributed by atoms with Crippen LogP contribution in [0.5, 0.6) is 0 Å². The summed E-state index contributed by atoms with van der Waals surface area (Å²) >= 11 is 2.61. The molecule has 0 aliphatic heterocycles. The van der Waals surface area contributed by atoms with Crippen molar-refractivity contribution in [2.24, 2.45) is 0 Å². The fraction of sp³-hybridized carbons (Fsp3) is 0.238. The van der Waals surface area contributed by atoms with Crippen LogP contribution in [-0.4, -0.2) is 31.5 Å². The Bertz CT molecular complexity index is 1260. The van der Waals surface area contributed by atoms with Gasteiger partial charge in [0.1, 0.15) is 5.76 Å². The number of benzene rings is 1. The number of aryl methyl sites for hydroxylation is 4. The lowest BCUT2D eigenvalue weighted by Gasteiger charge is -2.07. The van der Waals surface area contributed by atoms with Crippen LogP contribution < -0.4 is 11.2 Å². The van der Waals surface area contributed by atoms with Crippen LogP contribution in [0.15, 0.2) is 39.4 Å². The lowest BCUT2D eigenvalue weighted by Crippen LogP contribution is -2.16. The van der Waals surface area contributed by atoms with Crippen molar-refractivity contribution < 1.29 is 9.21 Å². The molecule has 0 radical (unpaired) electrons. The van der Waals surface area contributed by atoms with Gasteiger partial charge in [-0.25, -0.2) is 9.66 Å². The molecule has 0 aliphatic rings. The fourth-order valence-electron chi connectivity index (χ4n) is 3.15. The Kier molecular flexibility index (Phi) is 5.84. The molecule has 8 nitrogen and oxygen atoms in total. The highest BCUT2D eigenvalue weighted by molar-refractivity contribution is 7.99. The minimum Gasteiger partial charge on any atom is -0.469 e. The van der Waals surface area contributed by atoms with Gasteiger partial charge in [0.15, 0.2) is 11.0 Å². The Morgan fingerprint density at radius 1 is 1.16 bits per heavy atom. The first kappa shape index (κ1) is 21.1. The van der Waals surface area contributed by atoms with Gasteiger partial charge in [0.2, 0.25) is 11.1 Å². The Morgan fingerprint density at radius 2 is 1.94 bits per heavy atom. The van der Waals surface area contributed by atoms with E-state index in [0.717, 1.165) is 22.4 Å². The molecular weight excluding hydrogens is 432 g/mol. The van der Waals surface area contributed by atoms with Gasteiger partial charge >= 0.3 is 0 Å². The van der Waals surface area contributed by atoms with Crippen molar-refractivity contribution in [2.45, 2.75) is 32.9 Å². The minimum absolute atomic E-state index is 0.136. The lowest BCUT2D eigenvalue weighted by molar-refractivity contribution is -0.113. The van der Waals surface area contributed by atoms with Crippen LogP contribution in [0.25, 0.3) is 22.6 Å². The minimum atomic E-state index is -0.188. The van der Waals surface area contributed by atoms with Crippen molar-refractivity contribution in [2.75, 3.05) is 16.9 Å². The molecule has 0 spiro atoms. The van der Waals surface area contributed by atoms with E-state index in [4.69, 9.17) is 10.3 Å². The average molecular weight is 455 g/mol. The molecule has 0 saturated carbocycles. The second-order valence-corrected chi connectivity index (χ2v) is 8.99. The maximum atomic E-state index is 12.4. The summed E-state index contributed by atoms with van der Waals surface area (Å²) in [5, 5.41) is 14.0. The summed E-state index contributed by atoms with van der Waals surface area (Å²) in [6.07, 6.45) is 1.57. The first-order valence-electron chi connectivity index (χ1n) is 9.55. The van der Waals surface area contributed by atoms with Crippen molar-refractivity contribution in [3.05, 3.63) is 52.3 Å². The number of thioether (sulfide) groups is 1. The molecule has 0 bridgehead atoms. The number of hydrogen-bond donors (Lipinski definition) is 2. The Hall–Kier alpha value is -3.11. The van der Waals surface area contributed by atoms with Gasteiger partial charge in [-0.05, 0) is 56.5 Å². The summed E-state index contributed by atoms with van der Waals surface area (Å²) in [6, 6.07) is 6.07. The molecule has 0 saturated heterocycles. The quantitative estimate of drug-likeness (QED) is 0.329. The second-order valence-electron chi connectivity index (χ2n) is 7.19. The number of carbonyl (C=O) groups is 1. The second kappa shape index (κ2) is 8.56. The molecule has 3 aromatic heterocycles. The summed E-state index contributed by atoms with van der Waals surface area (Å²) in [5.74, 6) is 7.23. The van der Waals surface area contributed by atoms with Gasteiger partial charge in [0, 0.05) is 10.9 Å². The molecule has 4 aromatic rings. The number of aromatic nitrogens is 4. The van der Waals surface area contributed by atoms with Crippen molar-refractivity contribution in [1.29, 1.82) is 0 Å². The van der Waals surface area contributed by atoms with Gasteiger partial charge in [0.25, 0.3) is 0 Å². The molecule has 160 valence electrons. The van der Waals surface area contributed by atoms with Crippen LogP contribution in [0.2, 0.25) is 0 Å². The van der Waals surface area contributed by atoms with E-state index in [1.54, 1.807) is 12.3 Å². The molecule has 0 fully saturated rings. The van der Waals surface area contributed by atoms with Gasteiger partial charge in [0.05, 0.1) is 23.3 Å². The standard InChI is InChI=1S/C21H22N6O2S2/c1-11-7-13(3)16(8-12(11)2)17-9-30-20(23-17)24-18(28)10-31-21-26-25-19(27(21)22)15-5-6-29-14(15)4/h5-9H,10,22H2,1-4H3,(H,23,24,28). The highest BCUT2D eigenvalue weighted by atomic mass is 32.2. The zero-order valence-corrected chi connectivity index (χ0v) is 19.2.